The van der Waals surface area contributed by atoms with E-state index in [0.29, 0.717) is 22.5 Å². The number of aliphatic carboxylic acids is 2. The van der Waals surface area contributed by atoms with Crippen molar-refractivity contribution >= 4 is 23.7 Å². The maximum atomic E-state index is 10.5. The molecule has 7 heteroatoms. The van der Waals surface area contributed by atoms with Gasteiger partial charge in [-0.05, 0) is 6.42 Å². The maximum absolute atomic E-state index is 10.5. The van der Waals surface area contributed by atoms with Crippen LogP contribution >= 0.6 is 11.8 Å². The van der Waals surface area contributed by atoms with Crippen molar-refractivity contribution in [1.29, 1.82) is 0 Å². The van der Waals surface area contributed by atoms with Gasteiger partial charge in [0.15, 0.2) is 6.54 Å². The smallest absolute Gasteiger partial charge is 0.359 e. The highest BCUT2D eigenvalue weighted by molar-refractivity contribution is 7.99. The van der Waals surface area contributed by atoms with Crippen molar-refractivity contribution in [3.05, 3.63) is 0 Å². The Labute approximate surface area is 99.0 Å². The molecule has 0 heterocycles. The Kier molecular flexibility index (Phi) is 6.39. The average Bonchev–Trinajstić information content (AvgIpc) is 2.09. The SMILES string of the molecule is C[N+](C)(CSCCC(N)C(=O)O)CC(=O)O. The summed E-state index contributed by atoms with van der Waals surface area (Å²) >= 11 is 1.51. The number of hydrogen-bond acceptors (Lipinski definition) is 4. The van der Waals surface area contributed by atoms with Crippen molar-refractivity contribution in [3.63, 3.8) is 0 Å². The first-order chi connectivity index (χ1) is 7.24. The molecule has 0 fully saturated rings. The van der Waals surface area contributed by atoms with Gasteiger partial charge >= 0.3 is 11.9 Å². The summed E-state index contributed by atoms with van der Waals surface area (Å²) in [6.07, 6.45) is 0.396. The van der Waals surface area contributed by atoms with Gasteiger partial charge in [-0.1, -0.05) is 0 Å². The zero-order valence-corrected chi connectivity index (χ0v) is 10.4. The van der Waals surface area contributed by atoms with E-state index in [9.17, 15) is 9.59 Å². The molecule has 0 aromatic carbocycles. The highest BCUT2D eigenvalue weighted by Crippen LogP contribution is 2.10. The number of nitrogens with zero attached hydrogens (tertiary/aromatic N) is 1. The zero-order chi connectivity index (χ0) is 12.8. The Morgan fingerprint density at radius 2 is 1.94 bits per heavy atom. The number of carboxylic acids is 2. The van der Waals surface area contributed by atoms with Gasteiger partial charge in [-0.25, -0.2) is 4.79 Å². The molecule has 6 nitrogen and oxygen atoms in total. The van der Waals surface area contributed by atoms with Gasteiger partial charge in [0, 0.05) is 5.75 Å². The Hall–Kier alpha value is -0.790. The van der Waals surface area contributed by atoms with Gasteiger partial charge in [0.05, 0.1) is 14.1 Å². The lowest BCUT2D eigenvalue weighted by molar-refractivity contribution is -0.870. The van der Waals surface area contributed by atoms with Crippen LogP contribution in [0, 0.1) is 0 Å². The molecule has 0 aromatic rings. The first-order valence-electron chi connectivity index (χ1n) is 4.84. The molecule has 0 amide bonds. The lowest BCUT2D eigenvalue weighted by Crippen LogP contribution is -2.43. The Morgan fingerprint density at radius 3 is 2.38 bits per heavy atom. The third-order valence-electron chi connectivity index (χ3n) is 1.89. The predicted octanol–water partition coefficient (Wildman–Crippen LogP) is -0.360. The molecule has 0 aliphatic heterocycles. The summed E-state index contributed by atoms with van der Waals surface area (Å²) < 4.78 is 0.363. The number of likely N-dealkylation sites (N-methyl/N-ethyl adjacent to an activating group) is 1. The second kappa shape index (κ2) is 6.72. The molecule has 0 bridgehead atoms. The minimum absolute atomic E-state index is 0.0536. The van der Waals surface area contributed by atoms with Gasteiger partial charge in [-0.2, -0.15) is 0 Å². The van der Waals surface area contributed by atoms with Crippen LogP contribution in [0.1, 0.15) is 6.42 Å². The largest absolute Gasteiger partial charge is 0.480 e. The molecule has 0 spiro atoms. The highest BCUT2D eigenvalue weighted by atomic mass is 32.2. The molecule has 0 radical (unpaired) electrons. The Morgan fingerprint density at radius 1 is 1.38 bits per heavy atom. The lowest BCUT2D eigenvalue weighted by Gasteiger charge is -2.27. The first-order valence-corrected chi connectivity index (χ1v) is 6.00. The normalized spacial score (nSPS) is 13.4. The van der Waals surface area contributed by atoms with Crippen LogP contribution in [0.15, 0.2) is 0 Å². The van der Waals surface area contributed by atoms with E-state index in [4.69, 9.17) is 15.9 Å². The predicted molar refractivity (Wildman–Crippen MR) is 62.2 cm³/mol. The molecular formula is C9H19N2O4S+. The number of carboxylic acid groups (broad SMARTS) is 2. The molecule has 1 atom stereocenters. The average molecular weight is 251 g/mol. The maximum Gasteiger partial charge on any atom is 0.359 e. The van der Waals surface area contributed by atoms with Crippen molar-refractivity contribution in [2.45, 2.75) is 12.5 Å². The number of quaternary nitrogens is 1. The lowest BCUT2D eigenvalue weighted by atomic mass is 10.2. The van der Waals surface area contributed by atoms with Crippen molar-refractivity contribution in [2.75, 3.05) is 32.3 Å². The van der Waals surface area contributed by atoms with Crippen LogP contribution in [0.2, 0.25) is 0 Å². The molecule has 0 aliphatic carbocycles. The van der Waals surface area contributed by atoms with Crippen LogP contribution in [-0.4, -0.2) is 64.9 Å². The van der Waals surface area contributed by atoms with Gasteiger partial charge in [0.1, 0.15) is 11.9 Å². The fourth-order valence-corrected chi connectivity index (χ4v) is 2.19. The molecular weight excluding hydrogens is 232 g/mol. The summed E-state index contributed by atoms with van der Waals surface area (Å²) in [6.45, 7) is 0.0536. The summed E-state index contributed by atoms with van der Waals surface area (Å²) in [6, 6.07) is -0.831. The molecule has 0 rings (SSSR count). The molecule has 4 N–H and O–H groups in total. The minimum atomic E-state index is -1.00. The topological polar surface area (TPSA) is 101 Å². The summed E-state index contributed by atoms with van der Waals surface area (Å²) in [7, 11) is 3.64. The summed E-state index contributed by atoms with van der Waals surface area (Å²) in [5.41, 5.74) is 5.33. The van der Waals surface area contributed by atoms with E-state index in [1.54, 1.807) is 0 Å². The Balaban J connectivity index is 3.73. The van der Waals surface area contributed by atoms with Crippen LogP contribution in [0.5, 0.6) is 0 Å². The monoisotopic (exact) mass is 251 g/mol. The first kappa shape index (κ1) is 15.2. The molecule has 0 saturated carbocycles. The van der Waals surface area contributed by atoms with E-state index >= 15 is 0 Å². The number of nitrogens with two attached hydrogens (primary N) is 1. The summed E-state index contributed by atoms with van der Waals surface area (Å²) in [5.74, 6) is -0.597. The van der Waals surface area contributed by atoms with Crippen molar-refractivity contribution < 1.29 is 24.3 Å². The van der Waals surface area contributed by atoms with Crippen molar-refractivity contribution in [1.82, 2.24) is 0 Å². The fourth-order valence-electron chi connectivity index (χ4n) is 1.06. The number of hydrogen-bond donors (Lipinski definition) is 3. The molecule has 0 aliphatic rings. The van der Waals surface area contributed by atoms with Crippen LogP contribution in [0.25, 0.3) is 0 Å². The standard InChI is InChI=1S/C9H18N2O4S/c1-11(2,5-8(12)13)6-16-4-3-7(10)9(14)15/h7H,3-6,10H2,1-2H3,(H-,12,13,14,15)/p+1. The summed E-state index contributed by atoms with van der Waals surface area (Å²) in [5, 5.41) is 17.2. The fraction of sp³-hybridized carbons (Fsp3) is 0.778. The van der Waals surface area contributed by atoms with Crippen LogP contribution in [0.3, 0.4) is 0 Å². The van der Waals surface area contributed by atoms with Gasteiger partial charge in [0.2, 0.25) is 0 Å². The number of carbonyl (C=O) groups is 2. The molecule has 0 aromatic heterocycles. The second-order valence-electron chi connectivity index (χ2n) is 4.26. The third-order valence-corrected chi connectivity index (χ3v) is 3.30. The van der Waals surface area contributed by atoms with Gasteiger partial charge in [-0.15, -0.1) is 11.8 Å². The Bertz CT molecular complexity index is 258. The van der Waals surface area contributed by atoms with Gasteiger partial charge in [-0.3, -0.25) is 4.79 Å². The second-order valence-corrected chi connectivity index (χ2v) is 5.33. The van der Waals surface area contributed by atoms with E-state index in [1.165, 1.54) is 11.8 Å². The molecule has 16 heavy (non-hydrogen) atoms. The third kappa shape index (κ3) is 7.49. The zero-order valence-electron chi connectivity index (χ0n) is 9.55. The van der Waals surface area contributed by atoms with Crippen LogP contribution < -0.4 is 5.73 Å². The van der Waals surface area contributed by atoms with Crippen LogP contribution in [0.4, 0.5) is 0 Å². The van der Waals surface area contributed by atoms with Crippen LogP contribution in [-0.2, 0) is 9.59 Å². The van der Waals surface area contributed by atoms with Gasteiger partial charge < -0.3 is 20.4 Å². The quantitative estimate of drug-likeness (QED) is 0.309. The van der Waals surface area contributed by atoms with Crippen molar-refractivity contribution in [2.24, 2.45) is 5.73 Å². The molecule has 1 unspecified atom stereocenters. The summed E-state index contributed by atoms with van der Waals surface area (Å²) in [4.78, 5) is 20.9. The molecule has 94 valence electrons. The van der Waals surface area contributed by atoms with Crippen molar-refractivity contribution in [3.8, 4) is 0 Å². The van der Waals surface area contributed by atoms with E-state index < -0.39 is 18.0 Å². The minimum Gasteiger partial charge on any atom is -0.480 e. The van der Waals surface area contributed by atoms with E-state index in [0.717, 1.165) is 0 Å². The molecule has 0 saturated heterocycles. The highest BCUT2D eigenvalue weighted by Gasteiger charge is 2.19. The van der Waals surface area contributed by atoms with E-state index in [2.05, 4.69) is 0 Å². The van der Waals surface area contributed by atoms with Gasteiger partial charge in [0.25, 0.3) is 0 Å². The number of rotatable bonds is 8. The van der Waals surface area contributed by atoms with E-state index in [-0.39, 0.29) is 6.54 Å². The van der Waals surface area contributed by atoms with E-state index in [1.807, 2.05) is 14.1 Å². The number of thioether (sulfide) groups is 1.